The molecule has 0 unspecified atom stereocenters. The van der Waals surface area contributed by atoms with Crippen molar-refractivity contribution in [1.82, 2.24) is 0 Å². The van der Waals surface area contributed by atoms with E-state index in [1.807, 2.05) is 0 Å². The van der Waals surface area contributed by atoms with Crippen molar-refractivity contribution in [3.63, 3.8) is 0 Å². The average molecular weight is 360 g/mol. The van der Waals surface area contributed by atoms with Crippen LogP contribution in [0.25, 0.3) is 0 Å². The lowest BCUT2D eigenvalue weighted by Crippen LogP contribution is -2.22. The van der Waals surface area contributed by atoms with Gasteiger partial charge in [0, 0.05) is 11.3 Å². The van der Waals surface area contributed by atoms with Crippen LogP contribution in [0.3, 0.4) is 0 Å². The second kappa shape index (κ2) is 8.48. The highest BCUT2D eigenvalue weighted by molar-refractivity contribution is 7.16. The normalized spacial score (nSPS) is 17.4. The Morgan fingerprint density at radius 3 is 2.68 bits per heavy atom. The molecule has 6 heteroatoms. The number of amides is 1. The van der Waals surface area contributed by atoms with Crippen LogP contribution in [0, 0.1) is 17.2 Å². The lowest BCUT2D eigenvalue weighted by molar-refractivity contribution is -0.148. The molecule has 3 rings (SSSR count). The molecule has 1 aromatic rings. The lowest BCUT2D eigenvalue weighted by Gasteiger charge is -2.20. The zero-order valence-corrected chi connectivity index (χ0v) is 15.3. The van der Waals surface area contributed by atoms with Crippen molar-refractivity contribution in [1.29, 1.82) is 5.26 Å². The van der Waals surface area contributed by atoms with Crippen LogP contribution in [0.1, 0.15) is 67.4 Å². The van der Waals surface area contributed by atoms with Crippen molar-refractivity contribution in [2.24, 2.45) is 5.92 Å². The Hall–Kier alpha value is -1.87. The Kier molecular flexibility index (Phi) is 6.09. The van der Waals surface area contributed by atoms with Crippen molar-refractivity contribution in [3.8, 4) is 6.07 Å². The van der Waals surface area contributed by atoms with E-state index in [0.29, 0.717) is 22.9 Å². The number of hydrogen-bond acceptors (Lipinski definition) is 5. The maximum absolute atomic E-state index is 12.1. The smallest absolute Gasteiger partial charge is 0.306 e. The number of carbonyl (C=O) groups excluding carboxylic acids is 2. The molecule has 0 bridgehead atoms. The molecule has 134 valence electrons. The maximum atomic E-state index is 12.1. The van der Waals surface area contributed by atoms with Crippen molar-refractivity contribution < 1.29 is 14.3 Å². The van der Waals surface area contributed by atoms with Crippen LogP contribution in [-0.2, 0) is 27.2 Å². The van der Waals surface area contributed by atoms with Gasteiger partial charge in [0.2, 0.25) is 0 Å². The standard InChI is InChI=1S/C19H24N2O3S/c20-11-15-14-8-4-5-9-16(14)25-19(15)21-17(22)12-24-18(23)10-13-6-2-1-3-7-13/h13H,1-10,12H2,(H,21,22). The zero-order valence-electron chi connectivity index (χ0n) is 14.4. The van der Waals surface area contributed by atoms with E-state index in [1.165, 1.54) is 35.5 Å². The number of fused-ring (bicyclic) bond motifs is 1. The SMILES string of the molecule is N#Cc1c(NC(=O)COC(=O)CC2CCCCC2)sc2c1CCCC2. The Morgan fingerprint density at radius 2 is 1.92 bits per heavy atom. The molecule has 0 aromatic carbocycles. The first-order valence-corrected chi connectivity index (χ1v) is 9.99. The highest BCUT2D eigenvalue weighted by atomic mass is 32.1. The van der Waals surface area contributed by atoms with E-state index < -0.39 is 0 Å². The minimum absolute atomic E-state index is 0.279. The number of nitrogens with zero attached hydrogens (tertiary/aromatic N) is 1. The minimum Gasteiger partial charge on any atom is -0.456 e. The maximum Gasteiger partial charge on any atom is 0.306 e. The van der Waals surface area contributed by atoms with Crippen LogP contribution in [0.4, 0.5) is 5.00 Å². The molecule has 1 N–H and O–H groups in total. The summed E-state index contributed by atoms with van der Waals surface area (Å²) in [5.74, 6) is -0.265. The molecule has 0 radical (unpaired) electrons. The number of nitriles is 1. The number of aryl methyl sites for hydroxylation is 1. The van der Waals surface area contributed by atoms with Gasteiger partial charge < -0.3 is 10.1 Å². The third-order valence-electron chi connectivity index (χ3n) is 5.08. The predicted molar refractivity (Wildman–Crippen MR) is 96.5 cm³/mol. The van der Waals surface area contributed by atoms with E-state index >= 15 is 0 Å². The van der Waals surface area contributed by atoms with E-state index in [2.05, 4.69) is 11.4 Å². The zero-order chi connectivity index (χ0) is 17.6. The lowest BCUT2D eigenvalue weighted by atomic mass is 9.87. The van der Waals surface area contributed by atoms with Gasteiger partial charge in [-0.3, -0.25) is 9.59 Å². The van der Waals surface area contributed by atoms with E-state index in [-0.39, 0.29) is 18.5 Å². The van der Waals surface area contributed by atoms with E-state index in [4.69, 9.17) is 4.74 Å². The highest BCUT2D eigenvalue weighted by Crippen LogP contribution is 2.37. The van der Waals surface area contributed by atoms with E-state index in [1.54, 1.807) is 0 Å². The third kappa shape index (κ3) is 4.60. The first kappa shape index (κ1) is 17.9. The second-order valence-corrected chi connectivity index (χ2v) is 8.05. The third-order valence-corrected chi connectivity index (χ3v) is 6.29. The number of ether oxygens (including phenoxy) is 1. The molecule has 0 atom stereocenters. The summed E-state index contributed by atoms with van der Waals surface area (Å²) in [5, 5.41) is 12.8. The van der Waals surface area contributed by atoms with Crippen LogP contribution in [0.2, 0.25) is 0 Å². The topological polar surface area (TPSA) is 79.2 Å². The molecular formula is C19H24N2O3S. The first-order valence-electron chi connectivity index (χ1n) is 9.17. The van der Waals surface area contributed by atoms with E-state index in [9.17, 15) is 14.9 Å². The summed E-state index contributed by atoms with van der Waals surface area (Å²) >= 11 is 1.48. The van der Waals surface area contributed by atoms with Crippen molar-refractivity contribution in [2.45, 2.75) is 64.2 Å². The minimum atomic E-state index is -0.368. The van der Waals surface area contributed by atoms with Crippen molar-refractivity contribution in [3.05, 3.63) is 16.0 Å². The molecule has 25 heavy (non-hydrogen) atoms. The molecule has 1 amide bonds. The van der Waals surface area contributed by atoms with Crippen LogP contribution < -0.4 is 5.32 Å². The van der Waals surface area contributed by atoms with E-state index in [0.717, 1.165) is 44.1 Å². The summed E-state index contributed by atoms with van der Waals surface area (Å²) in [6.07, 6.45) is 10.3. The number of esters is 1. The van der Waals surface area contributed by atoms with Gasteiger partial charge in [0.25, 0.3) is 5.91 Å². The summed E-state index contributed by atoms with van der Waals surface area (Å²) in [7, 11) is 0. The summed E-state index contributed by atoms with van der Waals surface area (Å²) in [6, 6.07) is 2.22. The number of nitrogens with one attached hydrogen (secondary N) is 1. The van der Waals surface area contributed by atoms with Gasteiger partial charge in [0.05, 0.1) is 5.56 Å². The fourth-order valence-corrected chi connectivity index (χ4v) is 5.02. The quantitative estimate of drug-likeness (QED) is 0.806. The Bertz CT molecular complexity index is 684. The number of rotatable bonds is 5. The van der Waals surface area contributed by atoms with Crippen molar-refractivity contribution >= 4 is 28.2 Å². The second-order valence-electron chi connectivity index (χ2n) is 6.94. The molecule has 1 aromatic heterocycles. The first-order chi connectivity index (χ1) is 12.2. The molecule has 2 aliphatic carbocycles. The Balaban J connectivity index is 1.50. The number of anilines is 1. The summed E-state index contributed by atoms with van der Waals surface area (Å²) in [4.78, 5) is 25.2. The fraction of sp³-hybridized carbons (Fsp3) is 0.632. The number of thiophene rings is 1. The van der Waals surface area contributed by atoms with Crippen LogP contribution in [0.15, 0.2) is 0 Å². The van der Waals surface area contributed by atoms with Crippen LogP contribution in [0.5, 0.6) is 0 Å². The largest absolute Gasteiger partial charge is 0.456 e. The average Bonchev–Trinajstić information content (AvgIpc) is 2.97. The molecule has 0 spiro atoms. The molecular weight excluding hydrogens is 336 g/mol. The molecule has 0 aliphatic heterocycles. The number of hydrogen-bond donors (Lipinski definition) is 1. The Morgan fingerprint density at radius 1 is 1.16 bits per heavy atom. The highest BCUT2D eigenvalue weighted by Gasteiger charge is 2.22. The monoisotopic (exact) mass is 360 g/mol. The van der Waals surface area contributed by atoms with Crippen LogP contribution >= 0.6 is 11.3 Å². The summed E-state index contributed by atoms with van der Waals surface area (Å²) in [5.41, 5.74) is 1.67. The summed E-state index contributed by atoms with van der Waals surface area (Å²) in [6.45, 7) is -0.279. The van der Waals surface area contributed by atoms with Crippen molar-refractivity contribution in [2.75, 3.05) is 11.9 Å². The van der Waals surface area contributed by atoms with Gasteiger partial charge >= 0.3 is 5.97 Å². The number of carbonyl (C=O) groups is 2. The molecule has 2 aliphatic rings. The molecule has 1 heterocycles. The fourth-order valence-electron chi connectivity index (χ4n) is 3.77. The van der Waals surface area contributed by atoms with Gasteiger partial charge in [0.15, 0.2) is 6.61 Å². The van der Waals surface area contributed by atoms with Gasteiger partial charge in [-0.05, 0) is 50.0 Å². The molecule has 0 saturated heterocycles. The van der Waals surface area contributed by atoms with Gasteiger partial charge in [-0.1, -0.05) is 19.3 Å². The molecule has 5 nitrogen and oxygen atoms in total. The van der Waals surface area contributed by atoms with Gasteiger partial charge in [-0.2, -0.15) is 5.26 Å². The van der Waals surface area contributed by atoms with Gasteiger partial charge in [-0.25, -0.2) is 0 Å². The molecule has 1 saturated carbocycles. The van der Waals surface area contributed by atoms with Crippen LogP contribution in [-0.4, -0.2) is 18.5 Å². The molecule has 1 fully saturated rings. The van der Waals surface area contributed by atoms with Gasteiger partial charge in [-0.15, -0.1) is 11.3 Å². The Labute approximate surface area is 152 Å². The predicted octanol–water partition coefficient (Wildman–Crippen LogP) is 3.95. The van der Waals surface area contributed by atoms with Gasteiger partial charge in [0.1, 0.15) is 11.1 Å². The summed E-state index contributed by atoms with van der Waals surface area (Å²) < 4.78 is 5.13.